The van der Waals surface area contributed by atoms with Crippen molar-refractivity contribution in [2.75, 3.05) is 41.5 Å². The average Bonchev–Trinajstić information content (AvgIpc) is 3.20. The van der Waals surface area contributed by atoms with Gasteiger partial charge in [0.15, 0.2) is 11.5 Å². The first-order valence-electron chi connectivity index (χ1n) is 11.3. The van der Waals surface area contributed by atoms with Gasteiger partial charge in [0.1, 0.15) is 29.4 Å². The number of methoxy groups -OCH3 is 3. The number of rotatable bonds is 9. The van der Waals surface area contributed by atoms with Crippen LogP contribution >= 0.6 is 15.9 Å². The molecule has 0 amide bonds. The molecule has 0 aromatic heterocycles. The van der Waals surface area contributed by atoms with E-state index < -0.39 is 11.9 Å². The summed E-state index contributed by atoms with van der Waals surface area (Å²) in [6.45, 7) is 3.58. The summed E-state index contributed by atoms with van der Waals surface area (Å²) < 4.78 is 28.2. The van der Waals surface area contributed by atoms with Crippen molar-refractivity contribution in [3.05, 3.63) is 45.4 Å². The van der Waals surface area contributed by atoms with Gasteiger partial charge >= 0.3 is 11.9 Å². The summed E-state index contributed by atoms with van der Waals surface area (Å²) in [5.74, 6) is -0.397. The number of Topliss-reactive ketones (excluding diaryl/α,β-unsaturated/α-hetero) is 1. The van der Waals surface area contributed by atoms with Crippen LogP contribution in [0.1, 0.15) is 52.5 Å². The fourth-order valence-corrected chi connectivity index (χ4v) is 4.99. The summed E-state index contributed by atoms with van der Waals surface area (Å²) in [5, 5.41) is 0. The zero-order valence-corrected chi connectivity index (χ0v) is 22.8. The summed E-state index contributed by atoms with van der Waals surface area (Å²) in [6.07, 6.45) is 0.666. The van der Waals surface area contributed by atoms with Gasteiger partial charge < -0.3 is 23.7 Å². The predicted octanol–water partition coefficient (Wildman–Crippen LogP) is 4.25. The maximum absolute atomic E-state index is 13.4. The Morgan fingerprint density at radius 3 is 2.28 bits per heavy atom. The summed E-state index contributed by atoms with van der Waals surface area (Å²) in [5.41, 5.74) is 0.924. The van der Waals surface area contributed by atoms with Crippen molar-refractivity contribution in [1.29, 1.82) is 0 Å². The molecule has 1 heterocycles. The Morgan fingerprint density at radius 2 is 1.72 bits per heavy atom. The molecular formula is C26H30BrNO8. The van der Waals surface area contributed by atoms with Crippen molar-refractivity contribution in [2.24, 2.45) is 0 Å². The van der Waals surface area contributed by atoms with E-state index in [1.165, 1.54) is 35.2 Å². The number of hydrogen-bond acceptors (Lipinski definition) is 9. The maximum atomic E-state index is 13.4. The fourth-order valence-electron chi connectivity index (χ4n) is 4.47. The van der Waals surface area contributed by atoms with Crippen molar-refractivity contribution in [1.82, 2.24) is 4.90 Å². The molecule has 2 atom stereocenters. The SMILES string of the molecule is COc1ccc(C(=O)Oc2c(C(C)=O)c(OC)cc(OC)c2[C@H]2CCN(C)[C@H]2COC(C)=O)c(Br)c1. The molecule has 1 aliphatic rings. The van der Waals surface area contributed by atoms with Crippen molar-refractivity contribution < 1.29 is 38.1 Å². The molecule has 10 heteroatoms. The highest BCUT2D eigenvalue weighted by Gasteiger charge is 2.40. The second-order valence-electron chi connectivity index (χ2n) is 8.44. The average molecular weight is 564 g/mol. The molecule has 194 valence electrons. The van der Waals surface area contributed by atoms with Crippen molar-refractivity contribution in [3.63, 3.8) is 0 Å². The monoisotopic (exact) mass is 563 g/mol. The Labute approximate surface area is 218 Å². The first-order valence-corrected chi connectivity index (χ1v) is 12.1. The number of benzene rings is 2. The van der Waals surface area contributed by atoms with Gasteiger partial charge in [-0.25, -0.2) is 4.79 Å². The highest BCUT2D eigenvalue weighted by Crippen LogP contribution is 2.48. The molecule has 1 aliphatic heterocycles. The van der Waals surface area contributed by atoms with Crippen molar-refractivity contribution in [3.8, 4) is 23.0 Å². The lowest BCUT2D eigenvalue weighted by atomic mass is 9.87. The zero-order chi connectivity index (χ0) is 26.6. The lowest BCUT2D eigenvalue weighted by Crippen LogP contribution is -2.34. The number of nitrogens with zero attached hydrogens (tertiary/aromatic N) is 1. The van der Waals surface area contributed by atoms with E-state index in [-0.39, 0.29) is 47.0 Å². The van der Waals surface area contributed by atoms with Gasteiger partial charge in [-0.05, 0) is 61.1 Å². The number of ketones is 1. The third-order valence-electron chi connectivity index (χ3n) is 6.28. The lowest BCUT2D eigenvalue weighted by Gasteiger charge is -2.28. The molecule has 0 radical (unpaired) electrons. The number of carbonyl (C=O) groups is 3. The zero-order valence-electron chi connectivity index (χ0n) is 21.2. The summed E-state index contributed by atoms with van der Waals surface area (Å²) >= 11 is 3.39. The molecule has 36 heavy (non-hydrogen) atoms. The van der Waals surface area contributed by atoms with E-state index in [1.807, 2.05) is 7.05 Å². The second kappa shape index (κ2) is 11.7. The van der Waals surface area contributed by atoms with Gasteiger partial charge in [-0.15, -0.1) is 0 Å². The molecule has 2 aromatic rings. The smallest absolute Gasteiger partial charge is 0.344 e. The summed E-state index contributed by atoms with van der Waals surface area (Å²) in [6, 6.07) is 6.26. The first-order chi connectivity index (χ1) is 17.1. The van der Waals surface area contributed by atoms with Crippen LogP contribution in [0.15, 0.2) is 28.7 Å². The third-order valence-corrected chi connectivity index (χ3v) is 6.94. The molecule has 0 saturated carbocycles. The Hall–Kier alpha value is -3.11. The van der Waals surface area contributed by atoms with Crippen LogP contribution in [-0.4, -0.2) is 70.2 Å². The van der Waals surface area contributed by atoms with Crippen LogP contribution in [0.3, 0.4) is 0 Å². The van der Waals surface area contributed by atoms with Crippen LogP contribution in [0, 0.1) is 0 Å². The van der Waals surface area contributed by atoms with E-state index in [1.54, 1.807) is 24.3 Å². The van der Waals surface area contributed by atoms with Crippen LogP contribution in [0.5, 0.6) is 23.0 Å². The number of ether oxygens (including phenoxy) is 5. The van der Waals surface area contributed by atoms with Gasteiger partial charge in [-0.3, -0.25) is 14.5 Å². The minimum atomic E-state index is -0.675. The topological polar surface area (TPSA) is 101 Å². The normalized spacial score (nSPS) is 17.4. The van der Waals surface area contributed by atoms with Crippen LogP contribution in [0.4, 0.5) is 0 Å². The third kappa shape index (κ3) is 5.65. The maximum Gasteiger partial charge on any atom is 0.344 e. The number of likely N-dealkylation sites (tertiary alicyclic amines) is 1. The van der Waals surface area contributed by atoms with Gasteiger partial charge in [-0.2, -0.15) is 0 Å². The van der Waals surface area contributed by atoms with E-state index >= 15 is 0 Å². The fraction of sp³-hybridized carbons (Fsp3) is 0.423. The number of carbonyl (C=O) groups excluding carboxylic acids is 3. The molecule has 1 saturated heterocycles. The Bertz CT molecular complexity index is 1170. The Morgan fingerprint density at radius 1 is 1.03 bits per heavy atom. The van der Waals surface area contributed by atoms with Crippen LogP contribution in [0.25, 0.3) is 0 Å². The van der Waals surface area contributed by atoms with Gasteiger partial charge in [-0.1, -0.05) is 0 Å². The van der Waals surface area contributed by atoms with Gasteiger partial charge in [0, 0.05) is 28.9 Å². The lowest BCUT2D eigenvalue weighted by molar-refractivity contribution is -0.142. The molecule has 0 spiro atoms. The van der Waals surface area contributed by atoms with Crippen molar-refractivity contribution >= 4 is 33.7 Å². The number of likely N-dealkylation sites (N-methyl/N-ethyl adjacent to an activating group) is 1. The van der Waals surface area contributed by atoms with E-state index in [0.29, 0.717) is 34.5 Å². The van der Waals surface area contributed by atoms with Crippen molar-refractivity contribution in [2.45, 2.75) is 32.2 Å². The van der Waals surface area contributed by atoms with Gasteiger partial charge in [0.25, 0.3) is 0 Å². The van der Waals surface area contributed by atoms with E-state index in [4.69, 9.17) is 23.7 Å². The Kier molecular flexibility index (Phi) is 8.97. The molecular weight excluding hydrogens is 534 g/mol. The second-order valence-corrected chi connectivity index (χ2v) is 9.29. The summed E-state index contributed by atoms with van der Waals surface area (Å²) in [7, 11) is 6.38. The van der Waals surface area contributed by atoms with Crippen LogP contribution in [0.2, 0.25) is 0 Å². The van der Waals surface area contributed by atoms with Crippen LogP contribution in [-0.2, 0) is 9.53 Å². The van der Waals surface area contributed by atoms with E-state index in [2.05, 4.69) is 20.8 Å². The standard InChI is InChI=1S/C26H30BrNO8/c1-14(29)23-21(33-5)12-22(34-6)24(18-9-10-28(3)20(18)13-35-15(2)30)25(23)36-26(31)17-8-7-16(32-4)11-19(17)27/h7-8,11-12,18,20H,9-10,13H2,1-6H3/t18-,20-/m0/s1. The quantitative estimate of drug-likeness (QED) is 0.252. The predicted molar refractivity (Wildman–Crippen MR) is 136 cm³/mol. The summed E-state index contributed by atoms with van der Waals surface area (Å²) in [4.78, 5) is 39.8. The Balaban J connectivity index is 2.19. The molecule has 0 aliphatic carbocycles. The highest BCUT2D eigenvalue weighted by atomic mass is 79.9. The molecule has 0 bridgehead atoms. The molecule has 0 unspecified atom stereocenters. The minimum Gasteiger partial charge on any atom is -0.497 e. The molecule has 3 rings (SSSR count). The number of hydrogen-bond donors (Lipinski definition) is 0. The first kappa shape index (κ1) is 27.5. The highest BCUT2D eigenvalue weighted by molar-refractivity contribution is 9.10. The number of esters is 2. The van der Waals surface area contributed by atoms with Gasteiger partial charge in [0.2, 0.25) is 0 Å². The van der Waals surface area contributed by atoms with E-state index in [0.717, 1.165) is 0 Å². The van der Waals surface area contributed by atoms with Crippen LogP contribution < -0.4 is 18.9 Å². The molecule has 1 fully saturated rings. The minimum absolute atomic E-state index is 0.0690. The van der Waals surface area contributed by atoms with Gasteiger partial charge in [0.05, 0.1) is 32.9 Å². The molecule has 2 aromatic carbocycles. The molecule has 0 N–H and O–H groups in total. The molecule has 9 nitrogen and oxygen atoms in total. The number of halogens is 1. The largest absolute Gasteiger partial charge is 0.497 e. The van der Waals surface area contributed by atoms with E-state index in [9.17, 15) is 14.4 Å².